The minimum atomic E-state index is -0.498. The minimum absolute atomic E-state index is 0.0511. The Hall–Kier alpha value is -3.48. The zero-order valence-corrected chi connectivity index (χ0v) is 17.3. The number of aromatic nitrogens is 2. The fourth-order valence-corrected chi connectivity index (χ4v) is 3.57. The molecule has 0 atom stereocenters. The van der Waals surface area contributed by atoms with Crippen molar-refractivity contribution in [1.82, 2.24) is 10.2 Å². The van der Waals surface area contributed by atoms with Crippen molar-refractivity contribution in [3.63, 3.8) is 0 Å². The van der Waals surface area contributed by atoms with E-state index in [2.05, 4.69) is 20.4 Å². The smallest absolute Gasteiger partial charge is 0.262 e. The number of ether oxygens (including phenoxy) is 1. The fraction of sp³-hybridized carbons (Fsp3) is 0.292. The Balaban J connectivity index is 1.33. The number of para-hydroxylation sites is 1. The van der Waals surface area contributed by atoms with Gasteiger partial charge in [0.2, 0.25) is 0 Å². The van der Waals surface area contributed by atoms with Gasteiger partial charge in [0.1, 0.15) is 0 Å². The second kappa shape index (κ2) is 10.0. The van der Waals surface area contributed by atoms with Gasteiger partial charge in [0, 0.05) is 24.3 Å². The molecule has 0 radical (unpaired) electrons. The molecule has 1 N–H and O–H groups in total. The van der Waals surface area contributed by atoms with Gasteiger partial charge in [-0.3, -0.25) is 4.79 Å². The molecule has 7 heteroatoms. The molecule has 31 heavy (non-hydrogen) atoms. The van der Waals surface area contributed by atoms with E-state index in [1.165, 1.54) is 37.8 Å². The number of carbonyl (C=O) groups is 1. The normalized spacial score (nSPS) is 14.0. The molecule has 0 spiro atoms. The molecule has 0 unspecified atom stereocenters. The monoisotopic (exact) mass is 420 g/mol. The SMILES string of the molecule is O=C(COc1ccccc1F)Nc1ccc(-c2ccc(N3CCCCCC3)nn2)cc1. The largest absolute Gasteiger partial charge is 0.481 e. The average Bonchev–Trinajstić information content (AvgIpc) is 3.09. The number of nitrogens with zero attached hydrogens (tertiary/aromatic N) is 3. The standard InChI is InChI=1S/C24H25FN4O2/c25-20-7-3-4-8-22(20)31-17-24(30)26-19-11-9-18(10-12-19)21-13-14-23(28-27-21)29-15-5-1-2-6-16-29/h3-4,7-14H,1-2,5-6,15-17H2,(H,26,30). The van der Waals surface area contributed by atoms with E-state index in [1.807, 2.05) is 24.3 Å². The van der Waals surface area contributed by atoms with Gasteiger partial charge in [-0.1, -0.05) is 37.1 Å². The highest BCUT2D eigenvalue weighted by Gasteiger charge is 2.12. The third kappa shape index (κ3) is 5.57. The Labute approximate surface area is 181 Å². The van der Waals surface area contributed by atoms with Crippen LogP contribution in [0.3, 0.4) is 0 Å². The molecule has 0 bridgehead atoms. The third-order valence-corrected chi connectivity index (χ3v) is 5.24. The Morgan fingerprint density at radius 2 is 1.68 bits per heavy atom. The molecule has 4 rings (SSSR count). The maximum absolute atomic E-state index is 13.6. The number of halogens is 1. The number of nitrogens with one attached hydrogen (secondary N) is 1. The van der Waals surface area contributed by atoms with Gasteiger partial charge in [0.15, 0.2) is 24.0 Å². The molecular weight excluding hydrogens is 395 g/mol. The van der Waals surface area contributed by atoms with Crippen molar-refractivity contribution >= 4 is 17.4 Å². The van der Waals surface area contributed by atoms with E-state index in [0.29, 0.717) is 5.69 Å². The Morgan fingerprint density at radius 1 is 0.935 bits per heavy atom. The molecule has 160 valence electrons. The Morgan fingerprint density at radius 3 is 2.35 bits per heavy atom. The van der Waals surface area contributed by atoms with Crippen LogP contribution in [0.15, 0.2) is 60.7 Å². The zero-order valence-electron chi connectivity index (χ0n) is 17.3. The number of amides is 1. The van der Waals surface area contributed by atoms with Gasteiger partial charge in [0.05, 0.1) is 5.69 Å². The second-order valence-corrected chi connectivity index (χ2v) is 7.52. The maximum Gasteiger partial charge on any atom is 0.262 e. The van der Waals surface area contributed by atoms with Crippen LogP contribution >= 0.6 is 0 Å². The van der Waals surface area contributed by atoms with E-state index >= 15 is 0 Å². The van der Waals surface area contributed by atoms with Crippen molar-refractivity contribution in [2.45, 2.75) is 25.7 Å². The number of hydrogen-bond acceptors (Lipinski definition) is 5. The van der Waals surface area contributed by atoms with E-state index in [1.54, 1.807) is 24.3 Å². The van der Waals surface area contributed by atoms with Crippen molar-refractivity contribution in [2.75, 3.05) is 29.9 Å². The summed E-state index contributed by atoms with van der Waals surface area (Å²) in [5.41, 5.74) is 2.31. The first-order valence-corrected chi connectivity index (χ1v) is 10.6. The molecule has 1 aromatic heterocycles. The summed E-state index contributed by atoms with van der Waals surface area (Å²) in [5.74, 6) is 0.111. The average molecular weight is 420 g/mol. The van der Waals surface area contributed by atoms with Crippen LogP contribution in [0.25, 0.3) is 11.3 Å². The second-order valence-electron chi connectivity index (χ2n) is 7.52. The van der Waals surface area contributed by atoms with E-state index in [0.717, 1.165) is 30.2 Å². The van der Waals surface area contributed by atoms with Crippen LogP contribution in [0.1, 0.15) is 25.7 Å². The molecule has 1 fully saturated rings. The summed E-state index contributed by atoms with van der Waals surface area (Å²) in [6, 6.07) is 17.3. The van der Waals surface area contributed by atoms with Crippen LogP contribution in [-0.4, -0.2) is 35.8 Å². The highest BCUT2D eigenvalue weighted by Crippen LogP contribution is 2.22. The van der Waals surface area contributed by atoms with Gasteiger partial charge in [-0.15, -0.1) is 10.2 Å². The van der Waals surface area contributed by atoms with Crippen LogP contribution in [0, 0.1) is 5.82 Å². The van der Waals surface area contributed by atoms with Gasteiger partial charge < -0.3 is 15.0 Å². The van der Waals surface area contributed by atoms with Crippen molar-refractivity contribution in [2.24, 2.45) is 0 Å². The third-order valence-electron chi connectivity index (χ3n) is 5.24. The summed E-state index contributed by atoms with van der Waals surface area (Å²) in [4.78, 5) is 14.4. The van der Waals surface area contributed by atoms with Crippen LogP contribution < -0.4 is 15.0 Å². The number of rotatable bonds is 6. The molecule has 1 amide bonds. The van der Waals surface area contributed by atoms with Gasteiger partial charge >= 0.3 is 0 Å². The van der Waals surface area contributed by atoms with Crippen LogP contribution in [0.4, 0.5) is 15.9 Å². The van der Waals surface area contributed by atoms with Crippen LogP contribution in [0.2, 0.25) is 0 Å². The first kappa shape index (κ1) is 20.8. The predicted molar refractivity (Wildman–Crippen MR) is 119 cm³/mol. The highest BCUT2D eigenvalue weighted by atomic mass is 19.1. The molecular formula is C24H25FN4O2. The highest BCUT2D eigenvalue weighted by molar-refractivity contribution is 5.92. The van der Waals surface area contributed by atoms with Gasteiger partial charge in [-0.2, -0.15) is 0 Å². The van der Waals surface area contributed by atoms with Crippen molar-refractivity contribution in [3.05, 3.63) is 66.5 Å². The number of carbonyl (C=O) groups excluding carboxylic acids is 1. The molecule has 0 aliphatic carbocycles. The summed E-state index contributed by atoms with van der Waals surface area (Å²) in [6.07, 6.45) is 4.95. The van der Waals surface area contributed by atoms with Crippen LogP contribution in [-0.2, 0) is 4.79 Å². The van der Waals surface area contributed by atoms with Crippen LogP contribution in [0.5, 0.6) is 5.75 Å². The van der Waals surface area contributed by atoms with Crippen molar-refractivity contribution < 1.29 is 13.9 Å². The number of anilines is 2. The summed E-state index contributed by atoms with van der Waals surface area (Å²) >= 11 is 0. The topological polar surface area (TPSA) is 67.3 Å². The molecule has 1 aliphatic heterocycles. The summed E-state index contributed by atoms with van der Waals surface area (Å²) in [7, 11) is 0. The van der Waals surface area contributed by atoms with Gasteiger partial charge in [-0.05, 0) is 49.2 Å². The van der Waals surface area contributed by atoms with Crippen molar-refractivity contribution in [1.29, 1.82) is 0 Å². The molecule has 2 aromatic carbocycles. The molecule has 1 saturated heterocycles. The maximum atomic E-state index is 13.6. The molecule has 0 saturated carbocycles. The van der Waals surface area contributed by atoms with Gasteiger partial charge in [-0.25, -0.2) is 4.39 Å². The zero-order chi connectivity index (χ0) is 21.5. The lowest BCUT2D eigenvalue weighted by Gasteiger charge is -2.20. The molecule has 6 nitrogen and oxygen atoms in total. The van der Waals surface area contributed by atoms with E-state index < -0.39 is 5.82 Å². The van der Waals surface area contributed by atoms with Gasteiger partial charge in [0.25, 0.3) is 5.91 Å². The lowest BCUT2D eigenvalue weighted by atomic mass is 10.1. The Kier molecular flexibility index (Phi) is 6.72. The minimum Gasteiger partial charge on any atom is -0.481 e. The summed E-state index contributed by atoms with van der Waals surface area (Å²) < 4.78 is 18.8. The van der Waals surface area contributed by atoms with E-state index in [4.69, 9.17) is 4.74 Å². The first-order chi connectivity index (χ1) is 15.2. The molecule has 1 aliphatic rings. The van der Waals surface area contributed by atoms with E-state index in [-0.39, 0.29) is 18.3 Å². The van der Waals surface area contributed by atoms with Crippen molar-refractivity contribution in [3.8, 4) is 17.0 Å². The predicted octanol–water partition coefficient (Wildman–Crippen LogP) is 4.68. The lowest BCUT2D eigenvalue weighted by molar-refractivity contribution is -0.118. The molecule has 2 heterocycles. The molecule has 3 aromatic rings. The van der Waals surface area contributed by atoms with E-state index in [9.17, 15) is 9.18 Å². The Bertz CT molecular complexity index is 1000. The number of benzene rings is 2. The number of hydrogen-bond donors (Lipinski definition) is 1. The quantitative estimate of drug-likeness (QED) is 0.627. The lowest BCUT2D eigenvalue weighted by Crippen LogP contribution is -2.25. The summed E-state index contributed by atoms with van der Waals surface area (Å²) in [5, 5.41) is 11.5. The first-order valence-electron chi connectivity index (χ1n) is 10.6. The summed E-state index contributed by atoms with van der Waals surface area (Å²) in [6.45, 7) is 1.79. The fourth-order valence-electron chi connectivity index (χ4n) is 3.57.